The summed E-state index contributed by atoms with van der Waals surface area (Å²) in [6, 6.07) is 12.2. The number of hydrogen-bond donors (Lipinski definition) is 0. The predicted molar refractivity (Wildman–Crippen MR) is 96.4 cm³/mol. The van der Waals surface area contributed by atoms with E-state index in [1.807, 2.05) is 22.8 Å². The molecular weight excluding hydrogens is 374 g/mol. The summed E-state index contributed by atoms with van der Waals surface area (Å²) in [6.45, 7) is 6.54. The number of hydrogen-bond acceptors (Lipinski definition) is 4. The Labute approximate surface area is 147 Å². The maximum atomic E-state index is 5.60. The van der Waals surface area contributed by atoms with Gasteiger partial charge in [0.1, 0.15) is 0 Å². The summed E-state index contributed by atoms with van der Waals surface area (Å²) >= 11 is 4.97. The van der Waals surface area contributed by atoms with E-state index in [0.717, 1.165) is 10.9 Å². The third-order valence-corrected chi connectivity index (χ3v) is 4.77. The Morgan fingerprint density at radius 3 is 2.65 bits per heavy atom. The maximum absolute atomic E-state index is 5.60. The van der Waals surface area contributed by atoms with Gasteiger partial charge < -0.3 is 4.42 Å². The first-order valence-corrected chi connectivity index (χ1v) is 8.93. The molecule has 0 radical (unpaired) electrons. The summed E-state index contributed by atoms with van der Waals surface area (Å²) in [5.74, 6) is 2.24. The Morgan fingerprint density at radius 2 is 2.00 bits per heavy atom. The molecule has 0 aliphatic rings. The zero-order valence-corrected chi connectivity index (χ0v) is 15.1. The van der Waals surface area contributed by atoms with Crippen molar-refractivity contribution in [3.63, 3.8) is 0 Å². The van der Waals surface area contributed by atoms with Crippen molar-refractivity contribution >= 4 is 27.7 Å². The zero-order chi connectivity index (χ0) is 16.2. The highest BCUT2D eigenvalue weighted by Gasteiger charge is 2.16. The molecule has 0 spiro atoms. The summed E-state index contributed by atoms with van der Waals surface area (Å²) < 4.78 is 8.28. The van der Waals surface area contributed by atoms with Gasteiger partial charge in [0.2, 0.25) is 5.82 Å². The molecule has 0 saturated heterocycles. The Hall–Kier alpha value is -1.79. The molecule has 2 aromatic heterocycles. The van der Waals surface area contributed by atoms with Gasteiger partial charge in [0.25, 0.3) is 0 Å². The van der Waals surface area contributed by atoms with Gasteiger partial charge in [-0.1, -0.05) is 47.7 Å². The molecule has 0 bridgehead atoms. The number of aryl methyl sites for hydroxylation is 1. The first-order chi connectivity index (χ1) is 11.2. The van der Waals surface area contributed by atoms with Crippen molar-refractivity contribution in [3.8, 4) is 11.6 Å². The highest BCUT2D eigenvalue weighted by Crippen LogP contribution is 2.28. The number of halogens is 1. The molecule has 0 fully saturated rings. The summed E-state index contributed by atoms with van der Waals surface area (Å²) in [5, 5.41) is 9.43. The third-order valence-electron chi connectivity index (χ3n) is 3.31. The average molecular weight is 390 g/mol. The van der Waals surface area contributed by atoms with Crippen molar-refractivity contribution in [2.45, 2.75) is 24.4 Å². The van der Waals surface area contributed by atoms with Crippen LogP contribution in [-0.4, -0.2) is 14.8 Å². The summed E-state index contributed by atoms with van der Waals surface area (Å²) in [5.41, 5.74) is 2.52. The van der Waals surface area contributed by atoms with Gasteiger partial charge in [0.05, 0.1) is 0 Å². The maximum Gasteiger partial charge on any atom is 0.200 e. The fourth-order valence-electron chi connectivity index (χ4n) is 2.14. The normalized spacial score (nSPS) is 10.9. The van der Waals surface area contributed by atoms with Gasteiger partial charge in [-0.3, -0.25) is 4.57 Å². The van der Waals surface area contributed by atoms with Crippen LogP contribution in [0.3, 0.4) is 0 Å². The number of nitrogens with zero attached hydrogens (tertiary/aromatic N) is 3. The lowest BCUT2D eigenvalue weighted by Crippen LogP contribution is -2.00. The minimum Gasteiger partial charge on any atom is -0.446 e. The second-order valence-electron chi connectivity index (χ2n) is 5.08. The molecule has 4 nitrogen and oxygen atoms in total. The van der Waals surface area contributed by atoms with Gasteiger partial charge >= 0.3 is 0 Å². The molecule has 0 aliphatic heterocycles. The Morgan fingerprint density at radius 1 is 1.22 bits per heavy atom. The van der Waals surface area contributed by atoms with Crippen molar-refractivity contribution in [1.82, 2.24) is 14.8 Å². The van der Waals surface area contributed by atoms with E-state index in [1.54, 1.807) is 11.8 Å². The van der Waals surface area contributed by atoms with Crippen molar-refractivity contribution in [3.05, 3.63) is 64.8 Å². The van der Waals surface area contributed by atoms with Crippen molar-refractivity contribution < 1.29 is 4.42 Å². The van der Waals surface area contributed by atoms with Crippen LogP contribution in [0.25, 0.3) is 11.6 Å². The standard InChI is InChI=1S/C17H16BrN3OS/c1-3-10-21-16(14-8-9-15(18)22-14)19-20-17(21)23-11-13-6-4-12(2)5-7-13/h3-9H,1,10-11H2,2H3. The van der Waals surface area contributed by atoms with Crippen molar-refractivity contribution in [1.29, 1.82) is 0 Å². The lowest BCUT2D eigenvalue weighted by atomic mass is 10.2. The smallest absolute Gasteiger partial charge is 0.200 e. The molecule has 0 N–H and O–H groups in total. The molecule has 1 aromatic carbocycles. The molecule has 0 aliphatic carbocycles. The largest absolute Gasteiger partial charge is 0.446 e. The molecule has 0 amide bonds. The number of aromatic nitrogens is 3. The highest BCUT2D eigenvalue weighted by atomic mass is 79.9. The van der Waals surface area contributed by atoms with Crippen molar-refractivity contribution in [2.24, 2.45) is 0 Å². The number of rotatable bonds is 6. The molecule has 0 saturated carbocycles. The van der Waals surface area contributed by atoms with Crippen LogP contribution >= 0.6 is 27.7 Å². The number of furan rings is 1. The van der Waals surface area contributed by atoms with Gasteiger partial charge in [-0.25, -0.2) is 0 Å². The fourth-order valence-corrected chi connectivity index (χ4v) is 3.35. The van der Waals surface area contributed by atoms with Crippen LogP contribution in [0.4, 0.5) is 0 Å². The van der Waals surface area contributed by atoms with E-state index in [2.05, 4.69) is 63.9 Å². The summed E-state index contributed by atoms with van der Waals surface area (Å²) in [6.07, 6.45) is 1.83. The SMILES string of the molecule is C=CCn1c(SCc2ccc(C)cc2)nnc1-c1ccc(Br)o1. The van der Waals surface area contributed by atoms with Gasteiger partial charge in [0, 0.05) is 12.3 Å². The van der Waals surface area contributed by atoms with Crippen molar-refractivity contribution in [2.75, 3.05) is 0 Å². The highest BCUT2D eigenvalue weighted by molar-refractivity contribution is 9.10. The molecular formula is C17H16BrN3OS. The first kappa shape index (κ1) is 16.1. The second kappa shape index (κ2) is 7.19. The Bertz CT molecular complexity index is 808. The fraction of sp³-hybridized carbons (Fsp3) is 0.176. The van der Waals surface area contributed by atoms with E-state index in [0.29, 0.717) is 22.8 Å². The van der Waals surface area contributed by atoms with Gasteiger partial charge in [-0.05, 0) is 40.5 Å². The van der Waals surface area contributed by atoms with Crippen LogP contribution in [0.1, 0.15) is 11.1 Å². The number of allylic oxidation sites excluding steroid dienone is 1. The van der Waals surface area contributed by atoms with E-state index in [9.17, 15) is 0 Å². The van der Waals surface area contributed by atoms with E-state index in [1.165, 1.54) is 11.1 Å². The van der Waals surface area contributed by atoms with Crippen LogP contribution in [0.15, 0.2) is 63.3 Å². The minimum atomic E-state index is 0.636. The molecule has 2 heterocycles. The van der Waals surface area contributed by atoms with E-state index < -0.39 is 0 Å². The molecule has 23 heavy (non-hydrogen) atoms. The Kier molecular flexibility index (Phi) is 5.03. The number of thioether (sulfide) groups is 1. The van der Waals surface area contributed by atoms with E-state index in [4.69, 9.17) is 4.42 Å². The van der Waals surface area contributed by atoms with Crippen LogP contribution in [0.5, 0.6) is 0 Å². The second-order valence-corrected chi connectivity index (χ2v) is 6.81. The molecule has 0 unspecified atom stereocenters. The van der Waals surface area contributed by atoms with Gasteiger partial charge in [-0.15, -0.1) is 16.8 Å². The Balaban J connectivity index is 1.82. The number of benzene rings is 1. The third kappa shape index (κ3) is 3.76. The molecule has 118 valence electrons. The summed E-state index contributed by atoms with van der Waals surface area (Å²) in [7, 11) is 0. The topological polar surface area (TPSA) is 43.9 Å². The quantitative estimate of drug-likeness (QED) is 0.435. The molecule has 3 rings (SSSR count). The first-order valence-electron chi connectivity index (χ1n) is 7.15. The molecule has 0 atom stereocenters. The van der Waals surface area contributed by atoms with E-state index >= 15 is 0 Å². The van der Waals surface area contributed by atoms with Crippen LogP contribution < -0.4 is 0 Å². The van der Waals surface area contributed by atoms with Gasteiger partial charge in [0.15, 0.2) is 15.6 Å². The van der Waals surface area contributed by atoms with E-state index in [-0.39, 0.29) is 0 Å². The molecule has 3 aromatic rings. The lowest BCUT2D eigenvalue weighted by molar-refractivity contribution is 0.545. The monoisotopic (exact) mass is 389 g/mol. The van der Waals surface area contributed by atoms with Gasteiger partial charge in [-0.2, -0.15) is 0 Å². The minimum absolute atomic E-state index is 0.636. The van der Waals surface area contributed by atoms with Crippen LogP contribution in [-0.2, 0) is 12.3 Å². The van der Waals surface area contributed by atoms with Crippen LogP contribution in [0.2, 0.25) is 0 Å². The molecule has 6 heteroatoms. The predicted octanol–water partition coefficient (Wildman–Crippen LogP) is 5.09. The lowest BCUT2D eigenvalue weighted by Gasteiger charge is -2.06. The van der Waals surface area contributed by atoms with Crippen LogP contribution in [0, 0.1) is 6.92 Å². The summed E-state index contributed by atoms with van der Waals surface area (Å²) in [4.78, 5) is 0. The zero-order valence-electron chi connectivity index (χ0n) is 12.7. The average Bonchev–Trinajstić information content (AvgIpc) is 3.14.